The molecule has 12 heteroatoms. The molecule has 1 fully saturated rings. The van der Waals surface area contributed by atoms with Crippen molar-refractivity contribution in [2.75, 3.05) is 50.9 Å². The normalized spacial score (nSPS) is 17.3. The lowest BCUT2D eigenvalue weighted by Crippen LogP contribution is -2.49. The standard InChI is InChI=1S/C17H23F2N7O2S/c1-11(15-21-16(20)23-17(22-15)24(2)3)25-7-9-26(10-8-25)29(27,28)14-12(18)5-4-6-13(14)19/h4-6,11H,7-10H2,1-3H3,(H2,20,21,22,23)/t11-/m0/s1. The zero-order chi connectivity index (χ0) is 21.3. The summed E-state index contributed by atoms with van der Waals surface area (Å²) >= 11 is 0. The van der Waals surface area contributed by atoms with Gasteiger partial charge in [-0.05, 0) is 19.1 Å². The lowest BCUT2D eigenvalue weighted by molar-refractivity contribution is 0.141. The number of hydrogen-bond donors (Lipinski definition) is 1. The van der Waals surface area contributed by atoms with Gasteiger partial charge in [0, 0.05) is 40.3 Å². The van der Waals surface area contributed by atoms with Gasteiger partial charge in [-0.2, -0.15) is 19.3 Å². The maximum Gasteiger partial charge on any atom is 0.249 e. The summed E-state index contributed by atoms with van der Waals surface area (Å²) in [4.78, 5) is 15.4. The summed E-state index contributed by atoms with van der Waals surface area (Å²) in [6.07, 6.45) is 0. The van der Waals surface area contributed by atoms with Crippen molar-refractivity contribution in [3.8, 4) is 0 Å². The fraction of sp³-hybridized carbons (Fsp3) is 0.471. The fourth-order valence-corrected chi connectivity index (χ4v) is 4.67. The third-order valence-corrected chi connectivity index (χ3v) is 6.72. The Kier molecular flexibility index (Phi) is 5.96. The molecule has 3 rings (SSSR count). The Morgan fingerprint density at radius 2 is 1.66 bits per heavy atom. The van der Waals surface area contributed by atoms with Crippen LogP contribution in [0.1, 0.15) is 18.8 Å². The SMILES string of the molecule is C[C@@H](c1nc(N)nc(N(C)C)n1)N1CCN(S(=O)(=O)c2c(F)cccc2F)CC1. The molecule has 0 radical (unpaired) electrons. The van der Waals surface area contributed by atoms with Gasteiger partial charge in [0.1, 0.15) is 11.6 Å². The molecule has 9 nitrogen and oxygen atoms in total. The molecule has 0 amide bonds. The number of aromatic nitrogens is 3. The van der Waals surface area contributed by atoms with Gasteiger partial charge in [0.05, 0.1) is 6.04 Å². The Balaban J connectivity index is 1.75. The molecule has 1 aromatic heterocycles. The molecular weight excluding hydrogens is 404 g/mol. The molecule has 1 aliphatic rings. The van der Waals surface area contributed by atoms with Crippen LogP contribution in [0.3, 0.4) is 0 Å². The van der Waals surface area contributed by atoms with Crippen molar-refractivity contribution in [3.05, 3.63) is 35.7 Å². The lowest BCUT2D eigenvalue weighted by atomic mass is 10.2. The van der Waals surface area contributed by atoms with Crippen molar-refractivity contribution in [1.29, 1.82) is 0 Å². The van der Waals surface area contributed by atoms with E-state index >= 15 is 0 Å². The van der Waals surface area contributed by atoms with Gasteiger partial charge >= 0.3 is 0 Å². The Hall–Kier alpha value is -2.44. The molecule has 0 saturated carbocycles. The smallest absolute Gasteiger partial charge is 0.249 e. The lowest BCUT2D eigenvalue weighted by Gasteiger charge is -2.36. The number of rotatable bonds is 5. The Morgan fingerprint density at radius 1 is 1.07 bits per heavy atom. The highest BCUT2D eigenvalue weighted by Crippen LogP contribution is 2.26. The molecule has 158 valence electrons. The first kappa shape index (κ1) is 21.3. The molecule has 29 heavy (non-hydrogen) atoms. The summed E-state index contributed by atoms with van der Waals surface area (Å²) in [5.41, 5.74) is 5.77. The maximum atomic E-state index is 14.0. The van der Waals surface area contributed by atoms with Crippen LogP contribution in [-0.4, -0.2) is 72.8 Å². The highest BCUT2D eigenvalue weighted by atomic mass is 32.2. The minimum absolute atomic E-state index is 0.0849. The molecule has 0 unspecified atom stereocenters. The molecule has 2 heterocycles. The number of nitrogen functional groups attached to an aromatic ring is 1. The van der Waals surface area contributed by atoms with Crippen LogP contribution in [0.5, 0.6) is 0 Å². The van der Waals surface area contributed by atoms with E-state index in [4.69, 9.17) is 5.73 Å². The highest BCUT2D eigenvalue weighted by molar-refractivity contribution is 7.89. The number of piperazine rings is 1. The van der Waals surface area contributed by atoms with E-state index in [1.54, 1.807) is 19.0 Å². The van der Waals surface area contributed by atoms with Crippen LogP contribution in [0.2, 0.25) is 0 Å². The topological polar surface area (TPSA) is 109 Å². The number of nitrogens with zero attached hydrogens (tertiary/aromatic N) is 6. The van der Waals surface area contributed by atoms with Gasteiger partial charge in [0.2, 0.25) is 21.9 Å². The van der Waals surface area contributed by atoms with E-state index in [9.17, 15) is 17.2 Å². The molecule has 0 spiro atoms. The first-order valence-electron chi connectivity index (χ1n) is 8.98. The van der Waals surface area contributed by atoms with E-state index in [0.717, 1.165) is 22.5 Å². The number of nitrogens with two attached hydrogens (primary N) is 1. The number of halogens is 2. The molecule has 1 saturated heterocycles. The van der Waals surface area contributed by atoms with E-state index < -0.39 is 26.6 Å². The van der Waals surface area contributed by atoms with Gasteiger partial charge < -0.3 is 10.6 Å². The summed E-state index contributed by atoms with van der Waals surface area (Å²) in [6, 6.07) is 2.75. The average Bonchev–Trinajstić information content (AvgIpc) is 2.66. The Morgan fingerprint density at radius 3 is 2.21 bits per heavy atom. The number of hydrogen-bond acceptors (Lipinski definition) is 8. The molecule has 0 bridgehead atoms. The number of sulfonamides is 1. The van der Waals surface area contributed by atoms with Gasteiger partial charge in [0.15, 0.2) is 10.7 Å². The number of anilines is 2. The Labute approximate surface area is 168 Å². The second-order valence-corrected chi connectivity index (χ2v) is 8.79. The third-order valence-electron chi connectivity index (χ3n) is 4.77. The highest BCUT2D eigenvalue weighted by Gasteiger charge is 2.34. The summed E-state index contributed by atoms with van der Waals surface area (Å²) in [6.45, 7) is 2.75. The maximum absolute atomic E-state index is 14.0. The molecular formula is C17H23F2N7O2S. The summed E-state index contributed by atoms with van der Waals surface area (Å²) < 4.78 is 54.5. The van der Waals surface area contributed by atoms with Crippen LogP contribution in [-0.2, 0) is 10.0 Å². The molecule has 1 aliphatic heterocycles. The van der Waals surface area contributed by atoms with Crippen molar-refractivity contribution < 1.29 is 17.2 Å². The van der Waals surface area contributed by atoms with Crippen molar-refractivity contribution in [3.63, 3.8) is 0 Å². The fourth-order valence-electron chi connectivity index (χ4n) is 3.14. The second kappa shape index (κ2) is 8.13. The zero-order valence-electron chi connectivity index (χ0n) is 16.4. The zero-order valence-corrected chi connectivity index (χ0v) is 17.2. The minimum atomic E-state index is -4.27. The largest absolute Gasteiger partial charge is 0.368 e. The predicted molar refractivity (Wildman–Crippen MR) is 104 cm³/mol. The van der Waals surface area contributed by atoms with Crippen molar-refractivity contribution >= 4 is 21.9 Å². The summed E-state index contributed by atoms with van der Waals surface area (Å²) in [5, 5.41) is 0. The van der Waals surface area contributed by atoms with E-state index in [1.165, 1.54) is 0 Å². The quantitative estimate of drug-likeness (QED) is 0.749. The van der Waals surface area contributed by atoms with Gasteiger partial charge in [-0.3, -0.25) is 4.90 Å². The van der Waals surface area contributed by atoms with Crippen LogP contribution in [0.4, 0.5) is 20.7 Å². The van der Waals surface area contributed by atoms with Crippen LogP contribution in [0, 0.1) is 11.6 Å². The van der Waals surface area contributed by atoms with E-state index in [1.807, 2.05) is 11.8 Å². The van der Waals surface area contributed by atoms with Crippen molar-refractivity contribution in [2.45, 2.75) is 17.9 Å². The summed E-state index contributed by atoms with van der Waals surface area (Å²) in [7, 11) is -0.700. The summed E-state index contributed by atoms with van der Waals surface area (Å²) in [5.74, 6) is -1.20. The van der Waals surface area contributed by atoms with Crippen LogP contribution in [0.25, 0.3) is 0 Å². The van der Waals surface area contributed by atoms with Gasteiger partial charge in [0.25, 0.3) is 0 Å². The van der Waals surface area contributed by atoms with Crippen LogP contribution in [0.15, 0.2) is 23.1 Å². The first-order chi connectivity index (χ1) is 13.6. The van der Waals surface area contributed by atoms with Crippen molar-refractivity contribution in [2.24, 2.45) is 0 Å². The molecule has 2 N–H and O–H groups in total. The van der Waals surface area contributed by atoms with Gasteiger partial charge in [-0.25, -0.2) is 17.2 Å². The molecule has 0 aliphatic carbocycles. The van der Waals surface area contributed by atoms with Gasteiger partial charge in [-0.1, -0.05) is 6.07 Å². The molecule has 2 aromatic rings. The van der Waals surface area contributed by atoms with E-state index in [2.05, 4.69) is 15.0 Å². The Bertz CT molecular complexity index is 975. The van der Waals surface area contributed by atoms with E-state index in [0.29, 0.717) is 24.9 Å². The van der Waals surface area contributed by atoms with Crippen LogP contribution < -0.4 is 10.6 Å². The number of benzene rings is 1. The first-order valence-corrected chi connectivity index (χ1v) is 10.4. The van der Waals surface area contributed by atoms with Crippen LogP contribution >= 0.6 is 0 Å². The average molecular weight is 427 g/mol. The predicted octanol–water partition coefficient (Wildman–Crippen LogP) is 0.865. The van der Waals surface area contributed by atoms with Gasteiger partial charge in [-0.15, -0.1) is 0 Å². The van der Waals surface area contributed by atoms with Crippen molar-refractivity contribution in [1.82, 2.24) is 24.2 Å². The second-order valence-electron chi connectivity index (χ2n) is 6.91. The molecule has 1 aromatic carbocycles. The minimum Gasteiger partial charge on any atom is -0.368 e. The molecule has 1 atom stereocenters. The third kappa shape index (κ3) is 4.28. The van der Waals surface area contributed by atoms with E-state index in [-0.39, 0.29) is 25.1 Å². The monoisotopic (exact) mass is 427 g/mol.